The Kier molecular flexibility index (Phi) is 8.82. The first-order chi connectivity index (χ1) is 19.8. The number of carbonyl (C=O) groups is 4. The number of fused-ring (bicyclic) bond motifs is 2. The zero-order valence-electron chi connectivity index (χ0n) is 23.0. The quantitative estimate of drug-likeness (QED) is 0.298. The van der Waals surface area contributed by atoms with Crippen molar-refractivity contribution >= 4 is 41.0 Å². The Morgan fingerprint density at radius 1 is 1.07 bits per heavy atom. The smallest absolute Gasteiger partial charge is 0.313 e. The van der Waals surface area contributed by atoms with Gasteiger partial charge in [0.1, 0.15) is 23.7 Å². The second-order valence-corrected chi connectivity index (χ2v) is 11.4. The summed E-state index contributed by atoms with van der Waals surface area (Å²) in [6.45, 7) is 2.35. The van der Waals surface area contributed by atoms with Gasteiger partial charge in [-0.15, -0.1) is 0 Å². The number of nitrogens with zero attached hydrogens (tertiary/aromatic N) is 2. The van der Waals surface area contributed by atoms with Gasteiger partial charge in [0.25, 0.3) is 5.91 Å². The number of carbonyl (C=O) groups excluding carboxylic acids is 4. The monoisotopic (exact) mass is 585 g/mol. The van der Waals surface area contributed by atoms with Crippen molar-refractivity contribution in [3.05, 3.63) is 53.6 Å². The first-order valence-corrected chi connectivity index (χ1v) is 14.6. The van der Waals surface area contributed by atoms with Crippen molar-refractivity contribution in [2.45, 2.75) is 62.9 Å². The van der Waals surface area contributed by atoms with Gasteiger partial charge >= 0.3 is 5.97 Å². The SMILES string of the molecule is C[C@H]1CNC(=O)CC/C=C\CN(c2ccc(Cl)cc2)C(=O)[C@H]2N(CCCCCO)C(=O)[C@@H]3[C@@H](C(=O)O1)[C@H]1C=C[C@]32O1. The standard InChI is InChI=1S/C30H36ClN3O7/c1-19-18-32-23(36)8-4-2-5-15-33(21-11-9-20(31)10-12-21)28(38)26-30-14-13-22(41-30)24(29(39)40-19)25(30)27(37)34(26)16-6-3-7-17-35/h2,5,9-14,19,22,24-26,35H,3-4,6-8,15-18H2,1H3,(H,32,36)/b5-2-/t19-,22+,24-,25-,26+,30-/m0/s1. The molecule has 2 fully saturated rings. The lowest BCUT2D eigenvalue weighted by Gasteiger charge is -2.36. The molecule has 3 amide bonds. The van der Waals surface area contributed by atoms with Crippen molar-refractivity contribution < 1.29 is 33.8 Å². The molecule has 4 heterocycles. The average molecular weight is 586 g/mol. The third-order valence-electron chi connectivity index (χ3n) is 8.24. The molecule has 0 radical (unpaired) electrons. The number of benzene rings is 1. The van der Waals surface area contributed by atoms with Crippen LogP contribution in [-0.4, -0.2) is 83.8 Å². The minimum Gasteiger partial charge on any atom is -0.460 e. The molecule has 5 rings (SSSR count). The molecule has 41 heavy (non-hydrogen) atoms. The van der Waals surface area contributed by atoms with Gasteiger partial charge in [0, 0.05) is 36.8 Å². The number of rotatable bonds is 6. The van der Waals surface area contributed by atoms with E-state index < -0.39 is 41.7 Å². The van der Waals surface area contributed by atoms with Crippen molar-refractivity contribution in [2.75, 3.05) is 31.1 Å². The highest BCUT2D eigenvalue weighted by atomic mass is 35.5. The van der Waals surface area contributed by atoms with Crippen LogP contribution in [0.25, 0.3) is 0 Å². The molecule has 11 heteroatoms. The first kappa shape index (κ1) is 29.3. The van der Waals surface area contributed by atoms with E-state index in [9.17, 15) is 24.3 Å². The van der Waals surface area contributed by atoms with Gasteiger partial charge < -0.3 is 29.7 Å². The molecule has 5 bridgehead atoms. The molecular weight excluding hydrogens is 550 g/mol. The summed E-state index contributed by atoms with van der Waals surface area (Å²) in [5.41, 5.74) is -0.729. The number of likely N-dealkylation sites (tertiary alicyclic amines) is 1. The molecule has 6 atom stereocenters. The summed E-state index contributed by atoms with van der Waals surface area (Å²) >= 11 is 6.14. The highest BCUT2D eigenvalue weighted by molar-refractivity contribution is 6.30. The number of anilines is 1. The molecule has 2 saturated heterocycles. The van der Waals surface area contributed by atoms with Gasteiger partial charge in [-0.3, -0.25) is 19.2 Å². The maximum atomic E-state index is 14.6. The predicted octanol–water partition coefficient (Wildman–Crippen LogP) is 2.38. The Morgan fingerprint density at radius 2 is 1.85 bits per heavy atom. The fourth-order valence-corrected chi connectivity index (χ4v) is 6.42. The molecule has 0 aromatic heterocycles. The van der Waals surface area contributed by atoms with Crippen LogP contribution in [0.15, 0.2) is 48.6 Å². The van der Waals surface area contributed by atoms with E-state index in [0.717, 1.165) is 0 Å². The molecule has 0 unspecified atom stereocenters. The van der Waals surface area contributed by atoms with Crippen LogP contribution in [0.3, 0.4) is 0 Å². The average Bonchev–Trinajstić information content (AvgIpc) is 3.59. The number of aliphatic hydroxyl groups excluding tert-OH is 1. The first-order valence-electron chi connectivity index (χ1n) is 14.2. The van der Waals surface area contributed by atoms with Crippen LogP contribution in [0, 0.1) is 11.8 Å². The number of ether oxygens (including phenoxy) is 2. The van der Waals surface area contributed by atoms with Crippen LogP contribution in [-0.2, 0) is 28.7 Å². The molecule has 1 spiro atoms. The number of nitrogens with one attached hydrogen (secondary N) is 1. The van der Waals surface area contributed by atoms with Crippen molar-refractivity contribution in [1.82, 2.24) is 10.2 Å². The summed E-state index contributed by atoms with van der Waals surface area (Å²) in [6.07, 6.45) is 8.44. The number of hydrogen-bond acceptors (Lipinski definition) is 7. The van der Waals surface area contributed by atoms with E-state index >= 15 is 0 Å². The number of aliphatic hydroxyl groups is 1. The van der Waals surface area contributed by atoms with E-state index in [1.165, 1.54) is 0 Å². The topological polar surface area (TPSA) is 125 Å². The Balaban J connectivity index is 1.56. The van der Waals surface area contributed by atoms with E-state index in [1.54, 1.807) is 53.1 Å². The number of halogens is 1. The summed E-state index contributed by atoms with van der Waals surface area (Å²) in [5, 5.41) is 12.6. The lowest BCUT2D eigenvalue weighted by atomic mass is 9.74. The molecule has 1 aromatic rings. The largest absolute Gasteiger partial charge is 0.460 e. The number of cyclic esters (lactones) is 1. The van der Waals surface area contributed by atoms with Crippen LogP contribution >= 0.6 is 11.6 Å². The van der Waals surface area contributed by atoms with E-state index in [-0.39, 0.29) is 50.4 Å². The normalized spacial score (nSPS) is 32.7. The molecule has 4 aliphatic rings. The number of unbranched alkanes of at least 4 members (excludes halogenated alkanes) is 2. The zero-order valence-corrected chi connectivity index (χ0v) is 23.8. The minimum absolute atomic E-state index is 0.0413. The molecular formula is C30H36ClN3O7. The van der Waals surface area contributed by atoms with E-state index in [1.807, 2.05) is 12.2 Å². The Labute approximate surface area is 244 Å². The fraction of sp³-hybridized carbons (Fsp3) is 0.533. The summed E-state index contributed by atoms with van der Waals surface area (Å²) in [6, 6.07) is 5.86. The Hall–Kier alpha value is -3.21. The van der Waals surface area contributed by atoms with Gasteiger partial charge in [-0.05, 0) is 56.9 Å². The Bertz CT molecular complexity index is 1230. The number of esters is 1. The summed E-state index contributed by atoms with van der Waals surface area (Å²) < 4.78 is 12.1. The molecule has 1 aromatic carbocycles. The molecule has 2 N–H and O–H groups in total. The van der Waals surface area contributed by atoms with Crippen LogP contribution in [0.5, 0.6) is 0 Å². The van der Waals surface area contributed by atoms with E-state index in [4.69, 9.17) is 21.1 Å². The van der Waals surface area contributed by atoms with Crippen LogP contribution < -0.4 is 10.2 Å². The van der Waals surface area contributed by atoms with Gasteiger partial charge in [-0.2, -0.15) is 0 Å². The molecule has 0 aliphatic carbocycles. The molecule has 10 nitrogen and oxygen atoms in total. The summed E-state index contributed by atoms with van der Waals surface area (Å²) in [7, 11) is 0. The predicted molar refractivity (Wildman–Crippen MR) is 151 cm³/mol. The number of hydrogen-bond donors (Lipinski definition) is 2. The van der Waals surface area contributed by atoms with E-state index in [0.29, 0.717) is 36.4 Å². The van der Waals surface area contributed by atoms with Crippen LogP contribution in [0.4, 0.5) is 5.69 Å². The second-order valence-electron chi connectivity index (χ2n) is 11.0. The van der Waals surface area contributed by atoms with Crippen LogP contribution in [0.1, 0.15) is 39.0 Å². The molecule has 0 saturated carbocycles. The molecule has 4 aliphatic heterocycles. The van der Waals surface area contributed by atoms with Crippen molar-refractivity contribution in [3.63, 3.8) is 0 Å². The van der Waals surface area contributed by atoms with Crippen molar-refractivity contribution in [1.29, 1.82) is 0 Å². The number of allylic oxidation sites excluding steroid dienone is 1. The lowest BCUT2D eigenvalue weighted by Crippen LogP contribution is -2.56. The number of amides is 3. The summed E-state index contributed by atoms with van der Waals surface area (Å²) in [5.74, 6) is -3.27. The van der Waals surface area contributed by atoms with Gasteiger partial charge in [-0.1, -0.05) is 35.9 Å². The van der Waals surface area contributed by atoms with Crippen LogP contribution in [0.2, 0.25) is 5.02 Å². The third kappa shape index (κ3) is 5.65. The Morgan fingerprint density at radius 3 is 2.61 bits per heavy atom. The second kappa shape index (κ2) is 12.3. The highest BCUT2D eigenvalue weighted by Crippen LogP contribution is 2.55. The van der Waals surface area contributed by atoms with Crippen molar-refractivity contribution in [3.8, 4) is 0 Å². The van der Waals surface area contributed by atoms with Gasteiger partial charge in [0.2, 0.25) is 11.8 Å². The van der Waals surface area contributed by atoms with Gasteiger partial charge in [0.05, 0.1) is 18.6 Å². The molecule has 220 valence electrons. The minimum atomic E-state index is -1.32. The third-order valence-corrected chi connectivity index (χ3v) is 8.49. The maximum absolute atomic E-state index is 14.6. The highest BCUT2D eigenvalue weighted by Gasteiger charge is 2.73. The van der Waals surface area contributed by atoms with Gasteiger partial charge in [0.15, 0.2) is 0 Å². The zero-order chi connectivity index (χ0) is 29.1. The van der Waals surface area contributed by atoms with Crippen molar-refractivity contribution in [2.24, 2.45) is 11.8 Å². The summed E-state index contributed by atoms with van der Waals surface area (Å²) in [4.78, 5) is 57.6. The van der Waals surface area contributed by atoms with E-state index in [2.05, 4.69) is 5.32 Å². The maximum Gasteiger partial charge on any atom is 0.313 e. The lowest BCUT2D eigenvalue weighted by molar-refractivity contribution is -0.158. The van der Waals surface area contributed by atoms with Gasteiger partial charge in [-0.25, -0.2) is 0 Å². The fourth-order valence-electron chi connectivity index (χ4n) is 6.30.